The molecule has 4 heteroatoms. The Hall–Kier alpha value is -0.610. The first-order chi connectivity index (χ1) is 8.15. The van der Waals surface area contributed by atoms with Crippen molar-refractivity contribution in [1.29, 1.82) is 0 Å². The Bertz CT molecular complexity index is 241. The predicted octanol–water partition coefficient (Wildman–Crippen LogP) is 1.06. The summed E-state index contributed by atoms with van der Waals surface area (Å²) >= 11 is 0. The quantitative estimate of drug-likeness (QED) is 0.756. The number of likely N-dealkylation sites (N-methyl/N-ethyl adjacent to an activating group) is 1. The minimum atomic E-state index is 0.00829. The zero-order valence-corrected chi connectivity index (χ0v) is 11.5. The van der Waals surface area contributed by atoms with E-state index in [4.69, 9.17) is 5.73 Å². The topological polar surface area (TPSA) is 49.6 Å². The van der Waals surface area contributed by atoms with Crippen molar-refractivity contribution < 1.29 is 4.79 Å². The first-order valence-corrected chi connectivity index (χ1v) is 6.90. The van der Waals surface area contributed by atoms with Crippen molar-refractivity contribution in [2.24, 2.45) is 5.73 Å². The zero-order valence-electron chi connectivity index (χ0n) is 11.5. The molecule has 100 valence electrons. The Labute approximate surface area is 105 Å². The van der Waals surface area contributed by atoms with E-state index in [-0.39, 0.29) is 11.9 Å². The van der Waals surface area contributed by atoms with Crippen LogP contribution < -0.4 is 5.73 Å². The monoisotopic (exact) mass is 241 g/mol. The largest absolute Gasteiger partial charge is 0.342 e. The molecule has 1 saturated heterocycles. The van der Waals surface area contributed by atoms with Crippen LogP contribution in [0.5, 0.6) is 0 Å². The van der Waals surface area contributed by atoms with Crippen LogP contribution in [0.25, 0.3) is 0 Å². The Morgan fingerprint density at radius 2 is 2.12 bits per heavy atom. The number of hydrogen-bond donors (Lipinski definition) is 1. The van der Waals surface area contributed by atoms with Crippen molar-refractivity contribution in [2.75, 3.05) is 26.2 Å². The minimum absolute atomic E-state index is 0.00829. The molecule has 0 aromatic rings. The normalized spacial score (nSPS) is 22.7. The van der Waals surface area contributed by atoms with Crippen molar-refractivity contribution in [2.45, 2.75) is 52.1 Å². The molecule has 1 heterocycles. The van der Waals surface area contributed by atoms with Crippen LogP contribution in [0.15, 0.2) is 0 Å². The molecule has 2 atom stereocenters. The first kappa shape index (κ1) is 14.5. The van der Waals surface area contributed by atoms with Crippen molar-refractivity contribution in [3.05, 3.63) is 0 Å². The number of amides is 1. The fourth-order valence-electron chi connectivity index (χ4n) is 2.81. The molecule has 0 radical (unpaired) electrons. The number of hydrogen-bond acceptors (Lipinski definition) is 3. The summed E-state index contributed by atoms with van der Waals surface area (Å²) in [6.45, 7) is 9.47. The van der Waals surface area contributed by atoms with Crippen LogP contribution >= 0.6 is 0 Å². The molecule has 0 aromatic heterocycles. The lowest BCUT2D eigenvalue weighted by molar-refractivity contribution is -0.136. The third-order valence-electron chi connectivity index (χ3n) is 3.85. The van der Waals surface area contributed by atoms with E-state index in [9.17, 15) is 4.79 Å². The minimum Gasteiger partial charge on any atom is -0.342 e. The fraction of sp³-hybridized carbons (Fsp3) is 0.923. The first-order valence-electron chi connectivity index (χ1n) is 6.90. The second kappa shape index (κ2) is 6.97. The average molecular weight is 241 g/mol. The molecule has 0 aliphatic carbocycles. The van der Waals surface area contributed by atoms with Crippen molar-refractivity contribution in [3.63, 3.8) is 0 Å². The molecule has 2 unspecified atom stereocenters. The van der Waals surface area contributed by atoms with E-state index in [1.807, 2.05) is 25.7 Å². The molecule has 17 heavy (non-hydrogen) atoms. The van der Waals surface area contributed by atoms with Gasteiger partial charge >= 0.3 is 0 Å². The smallest absolute Gasteiger partial charge is 0.239 e. The molecular weight excluding hydrogens is 214 g/mol. The molecule has 1 aliphatic heterocycles. The van der Waals surface area contributed by atoms with Gasteiger partial charge in [0.2, 0.25) is 5.91 Å². The Morgan fingerprint density at radius 3 is 2.65 bits per heavy atom. The highest BCUT2D eigenvalue weighted by molar-refractivity contribution is 5.81. The van der Waals surface area contributed by atoms with Gasteiger partial charge in [0.15, 0.2) is 0 Å². The van der Waals surface area contributed by atoms with Crippen LogP contribution in [0.4, 0.5) is 0 Å². The van der Waals surface area contributed by atoms with Crippen molar-refractivity contribution in [1.82, 2.24) is 9.80 Å². The van der Waals surface area contributed by atoms with Gasteiger partial charge in [-0.05, 0) is 53.1 Å². The number of carbonyl (C=O) groups excluding carboxylic acids is 1. The van der Waals surface area contributed by atoms with Crippen molar-refractivity contribution in [3.8, 4) is 0 Å². The van der Waals surface area contributed by atoms with E-state index in [1.165, 1.54) is 12.8 Å². The van der Waals surface area contributed by atoms with Crippen LogP contribution in [0, 0.1) is 0 Å². The number of nitrogens with zero attached hydrogens (tertiary/aromatic N) is 2. The maximum atomic E-state index is 12.3. The molecule has 0 bridgehead atoms. The molecule has 1 amide bonds. The number of nitrogens with two attached hydrogens (primary N) is 1. The maximum Gasteiger partial charge on any atom is 0.239 e. The van der Waals surface area contributed by atoms with Gasteiger partial charge in [-0.1, -0.05) is 0 Å². The van der Waals surface area contributed by atoms with Gasteiger partial charge in [0.1, 0.15) is 0 Å². The zero-order chi connectivity index (χ0) is 12.8. The van der Waals surface area contributed by atoms with Gasteiger partial charge in [-0.25, -0.2) is 0 Å². The summed E-state index contributed by atoms with van der Waals surface area (Å²) in [4.78, 5) is 16.6. The second-order valence-corrected chi connectivity index (χ2v) is 4.80. The molecule has 0 aromatic carbocycles. The Balaban J connectivity index is 2.61. The van der Waals surface area contributed by atoms with Gasteiger partial charge in [-0.3, -0.25) is 9.69 Å². The van der Waals surface area contributed by atoms with Crippen LogP contribution in [-0.2, 0) is 4.79 Å². The lowest BCUT2D eigenvalue weighted by atomic mass is 10.1. The molecule has 0 spiro atoms. The van der Waals surface area contributed by atoms with Gasteiger partial charge in [0, 0.05) is 19.1 Å². The highest BCUT2D eigenvalue weighted by atomic mass is 16.2. The molecule has 2 N–H and O–H groups in total. The third kappa shape index (κ3) is 3.42. The van der Waals surface area contributed by atoms with Crippen molar-refractivity contribution >= 4 is 5.91 Å². The number of carbonyl (C=O) groups is 1. The summed E-state index contributed by atoms with van der Waals surface area (Å²) in [6.07, 6.45) is 3.39. The SMILES string of the molecule is CCN(CC)C(=O)C(C)N1CCCC1CCN. The molecule has 1 aliphatic rings. The van der Waals surface area contributed by atoms with E-state index in [2.05, 4.69) is 4.90 Å². The number of likely N-dealkylation sites (tertiary alicyclic amines) is 1. The summed E-state index contributed by atoms with van der Waals surface area (Å²) in [5, 5.41) is 0. The van der Waals surface area contributed by atoms with Gasteiger partial charge in [-0.15, -0.1) is 0 Å². The van der Waals surface area contributed by atoms with Crippen LogP contribution in [-0.4, -0.2) is 54.0 Å². The van der Waals surface area contributed by atoms with Gasteiger partial charge in [-0.2, -0.15) is 0 Å². The van der Waals surface area contributed by atoms with E-state index in [0.29, 0.717) is 12.6 Å². The highest BCUT2D eigenvalue weighted by Crippen LogP contribution is 2.23. The molecule has 0 saturated carbocycles. The lowest BCUT2D eigenvalue weighted by Gasteiger charge is -2.33. The van der Waals surface area contributed by atoms with Crippen LogP contribution in [0.3, 0.4) is 0 Å². The third-order valence-corrected chi connectivity index (χ3v) is 3.85. The summed E-state index contributed by atoms with van der Waals surface area (Å²) in [5.41, 5.74) is 5.64. The Kier molecular flexibility index (Phi) is 5.92. The standard InChI is InChI=1S/C13H27N3O/c1-4-15(5-2)13(17)11(3)16-10-6-7-12(16)8-9-14/h11-12H,4-10,14H2,1-3H3. The van der Waals surface area contributed by atoms with Gasteiger partial charge in [0.25, 0.3) is 0 Å². The summed E-state index contributed by atoms with van der Waals surface area (Å²) in [7, 11) is 0. The van der Waals surface area contributed by atoms with Gasteiger partial charge < -0.3 is 10.6 Å². The second-order valence-electron chi connectivity index (χ2n) is 4.80. The van der Waals surface area contributed by atoms with Crippen LogP contribution in [0.1, 0.15) is 40.0 Å². The lowest BCUT2D eigenvalue weighted by Crippen LogP contribution is -2.49. The fourth-order valence-corrected chi connectivity index (χ4v) is 2.81. The Morgan fingerprint density at radius 1 is 1.47 bits per heavy atom. The highest BCUT2D eigenvalue weighted by Gasteiger charge is 2.32. The van der Waals surface area contributed by atoms with E-state index >= 15 is 0 Å². The predicted molar refractivity (Wildman–Crippen MR) is 70.8 cm³/mol. The van der Waals surface area contributed by atoms with Crippen LogP contribution in [0.2, 0.25) is 0 Å². The van der Waals surface area contributed by atoms with E-state index in [1.54, 1.807) is 0 Å². The maximum absolute atomic E-state index is 12.3. The summed E-state index contributed by atoms with van der Waals surface area (Å²) in [5.74, 6) is 0.263. The molecule has 4 nitrogen and oxygen atoms in total. The van der Waals surface area contributed by atoms with Gasteiger partial charge in [0.05, 0.1) is 6.04 Å². The molecule has 1 fully saturated rings. The molecule has 1 rings (SSSR count). The summed E-state index contributed by atoms with van der Waals surface area (Å²) < 4.78 is 0. The summed E-state index contributed by atoms with van der Waals surface area (Å²) in [6, 6.07) is 0.517. The molecular formula is C13H27N3O. The average Bonchev–Trinajstić information content (AvgIpc) is 2.78. The van der Waals surface area contributed by atoms with E-state index in [0.717, 1.165) is 26.1 Å². The van der Waals surface area contributed by atoms with E-state index < -0.39 is 0 Å². The number of rotatable bonds is 6.